The molecule has 0 saturated carbocycles. The first kappa shape index (κ1) is 10.2. The van der Waals surface area contributed by atoms with Gasteiger partial charge < -0.3 is 10.5 Å². The summed E-state index contributed by atoms with van der Waals surface area (Å²) in [5.74, 6) is -0.800. The maximum Gasteiger partial charge on any atom is 0.338 e. The van der Waals surface area contributed by atoms with Gasteiger partial charge in [-0.1, -0.05) is 6.07 Å². The average molecular weight is 193 g/mol. The third-order valence-corrected chi connectivity index (χ3v) is 1.85. The molecule has 74 valence electrons. The molecule has 0 aromatic heterocycles. The lowest BCUT2D eigenvalue weighted by Crippen LogP contribution is -2.11. The van der Waals surface area contributed by atoms with Crippen molar-refractivity contribution in [1.82, 2.24) is 0 Å². The molecule has 0 aliphatic heterocycles. The Bertz CT molecular complexity index is 385. The smallest absolute Gasteiger partial charge is 0.338 e. The Morgan fingerprint density at radius 1 is 1.36 bits per heavy atom. The van der Waals surface area contributed by atoms with Crippen molar-refractivity contribution in [2.24, 2.45) is 0 Å². The standard InChI is InChI=1S/C10H11NO3/c1-6(12)9-7(10(13)14-2)4-3-5-8(9)11/h3-5H,11H2,1-2H3. The van der Waals surface area contributed by atoms with Gasteiger partial charge in [0, 0.05) is 5.69 Å². The van der Waals surface area contributed by atoms with Crippen molar-refractivity contribution < 1.29 is 14.3 Å². The van der Waals surface area contributed by atoms with E-state index >= 15 is 0 Å². The number of nitrogens with two attached hydrogens (primary N) is 1. The summed E-state index contributed by atoms with van der Waals surface area (Å²) in [5.41, 5.74) is 6.31. The number of ketones is 1. The highest BCUT2D eigenvalue weighted by molar-refractivity contribution is 6.08. The van der Waals surface area contributed by atoms with Gasteiger partial charge in [-0.05, 0) is 19.1 Å². The van der Waals surface area contributed by atoms with Crippen molar-refractivity contribution in [3.05, 3.63) is 29.3 Å². The lowest BCUT2D eigenvalue weighted by atomic mass is 10.0. The van der Waals surface area contributed by atoms with Gasteiger partial charge in [0.15, 0.2) is 5.78 Å². The van der Waals surface area contributed by atoms with E-state index in [1.165, 1.54) is 20.1 Å². The number of rotatable bonds is 2. The minimum atomic E-state index is -0.553. The summed E-state index contributed by atoms with van der Waals surface area (Å²) in [4.78, 5) is 22.5. The third-order valence-electron chi connectivity index (χ3n) is 1.85. The van der Waals surface area contributed by atoms with Crippen molar-refractivity contribution in [3.8, 4) is 0 Å². The van der Waals surface area contributed by atoms with Crippen LogP contribution in [0.2, 0.25) is 0 Å². The Labute approximate surface area is 81.7 Å². The number of benzene rings is 1. The summed E-state index contributed by atoms with van der Waals surface area (Å²) >= 11 is 0. The molecule has 0 aliphatic carbocycles. The molecule has 0 atom stereocenters. The van der Waals surface area contributed by atoms with E-state index in [9.17, 15) is 9.59 Å². The Kier molecular flexibility index (Phi) is 2.86. The second-order valence-electron chi connectivity index (χ2n) is 2.82. The molecule has 0 fully saturated rings. The second-order valence-corrected chi connectivity index (χ2v) is 2.82. The molecule has 0 spiro atoms. The number of methoxy groups -OCH3 is 1. The van der Waals surface area contributed by atoms with Crippen LogP contribution in [0.5, 0.6) is 0 Å². The molecule has 0 bridgehead atoms. The van der Waals surface area contributed by atoms with Crippen LogP contribution in [0, 0.1) is 0 Å². The molecular weight excluding hydrogens is 182 g/mol. The predicted octanol–water partition coefficient (Wildman–Crippen LogP) is 1.26. The van der Waals surface area contributed by atoms with E-state index in [-0.39, 0.29) is 16.9 Å². The molecule has 0 saturated heterocycles. The molecule has 0 aliphatic rings. The summed E-state index contributed by atoms with van der Waals surface area (Å²) in [5, 5.41) is 0. The largest absolute Gasteiger partial charge is 0.465 e. The van der Waals surface area contributed by atoms with Crippen LogP contribution in [-0.2, 0) is 4.74 Å². The summed E-state index contributed by atoms with van der Waals surface area (Å²) < 4.78 is 4.54. The highest BCUT2D eigenvalue weighted by Crippen LogP contribution is 2.18. The SMILES string of the molecule is COC(=O)c1cccc(N)c1C(C)=O. The van der Waals surface area contributed by atoms with Crippen LogP contribution in [0.3, 0.4) is 0 Å². The summed E-state index contributed by atoms with van der Waals surface area (Å²) in [7, 11) is 1.26. The molecule has 0 amide bonds. The first-order chi connectivity index (χ1) is 6.57. The number of hydrogen-bond acceptors (Lipinski definition) is 4. The van der Waals surface area contributed by atoms with Gasteiger partial charge in [-0.15, -0.1) is 0 Å². The number of nitrogen functional groups attached to an aromatic ring is 1. The quantitative estimate of drug-likeness (QED) is 0.436. The molecular formula is C10H11NO3. The van der Waals surface area contributed by atoms with Gasteiger partial charge in [0.1, 0.15) is 0 Å². The monoisotopic (exact) mass is 193 g/mol. The van der Waals surface area contributed by atoms with Crippen molar-refractivity contribution in [1.29, 1.82) is 0 Å². The minimum absolute atomic E-state index is 0.208. The Morgan fingerprint density at radius 2 is 2.00 bits per heavy atom. The lowest BCUT2D eigenvalue weighted by molar-refractivity contribution is 0.0597. The van der Waals surface area contributed by atoms with Gasteiger partial charge in [-0.2, -0.15) is 0 Å². The average Bonchev–Trinajstić information content (AvgIpc) is 2.15. The zero-order valence-electron chi connectivity index (χ0n) is 8.03. The van der Waals surface area contributed by atoms with Crippen LogP contribution in [0.15, 0.2) is 18.2 Å². The van der Waals surface area contributed by atoms with Crippen molar-refractivity contribution in [3.63, 3.8) is 0 Å². The Balaban J connectivity index is 3.35. The summed E-state index contributed by atoms with van der Waals surface area (Å²) in [6.07, 6.45) is 0. The summed E-state index contributed by atoms with van der Waals surface area (Å²) in [6.45, 7) is 1.36. The molecule has 4 heteroatoms. The lowest BCUT2D eigenvalue weighted by Gasteiger charge is -2.07. The molecule has 2 N–H and O–H groups in total. The molecule has 1 rings (SSSR count). The van der Waals surface area contributed by atoms with E-state index in [2.05, 4.69) is 4.74 Å². The zero-order valence-corrected chi connectivity index (χ0v) is 8.03. The van der Waals surface area contributed by atoms with Crippen LogP contribution in [0.4, 0.5) is 5.69 Å². The Hall–Kier alpha value is -1.84. The first-order valence-electron chi connectivity index (χ1n) is 4.05. The number of carbonyl (C=O) groups is 2. The maximum absolute atomic E-state index is 11.3. The molecule has 14 heavy (non-hydrogen) atoms. The van der Waals surface area contributed by atoms with E-state index < -0.39 is 5.97 Å². The van der Waals surface area contributed by atoms with Gasteiger partial charge >= 0.3 is 5.97 Å². The number of anilines is 1. The van der Waals surface area contributed by atoms with Crippen LogP contribution in [-0.4, -0.2) is 18.9 Å². The van der Waals surface area contributed by atoms with Crippen molar-refractivity contribution in [2.45, 2.75) is 6.92 Å². The van der Waals surface area contributed by atoms with Crippen molar-refractivity contribution in [2.75, 3.05) is 12.8 Å². The number of esters is 1. The predicted molar refractivity (Wildman–Crippen MR) is 52.2 cm³/mol. The van der Waals surface area contributed by atoms with Crippen LogP contribution >= 0.6 is 0 Å². The third kappa shape index (κ3) is 1.74. The Morgan fingerprint density at radius 3 is 2.50 bits per heavy atom. The maximum atomic E-state index is 11.3. The fourth-order valence-corrected chi connectivity index (χ4v) is 1.24. The number of Topliss-reactive ketones (excluding diaryl/α,β-unsaturated/α-hetero) is 1. The van der Waals surface area contributed by atoms with E-state index in [0.29, 0.717) is 5.69 Å². The molecule has 0 radical (unpaired) electrons. The first-order valence-corrected chi connectivity index (χ1v) is 4.05. The molecule has 4 nitrogen and oxygen atoms in total. The molecule has 1 aromatic carbocycles. The highest BCUT2D eigenvalue weighted by atomic mass is 16.5. The number of hydrogen-bond donors (Lipinski definition) is 1. The molecule has 1 aromatic rings. The van der Waals surface area contributed by atoms with Gasteiger partial charge in [0.25, 0.3) is 0 Å². The second kappa shape index (κ2) is 3.91. The number of carbonyl (C=O) groups excluding carboxylic acids is 2. The van der Waals surface area contributed by atoms with E-state index in [1.807, 2.05) is 0 Å². The number of ether oxygens (including phenoxy) is 1. The van der Waals surface area contributed by atoms with Gasteiger partial charge in [0.05, 0.1) is 18.2 Å². The minimum Gasteiger partial charge on any atom is -0.465 e. The van der Waals surface area contributed by atoms with Crippen LogP contribution in [0.1, 0.15) is 27.6 Å². The van der Waals surface area contributed by atoms with Gasteiger partial charge in [-0.3, -0.25) is 4.79 Å². The van der Waals surface area contributed by atoms with E-state index in [0.717, 1.165) is 0 Å². The zero-order chi connectivity index (χ0) is 10.7. The summed E-state index contributed by atoms with van der Waals surface area (Å²) in [6, 6.07) is 4.69. The normalized spacial score (nSPS) is 9.57. The fourth-order valence-electron chi connectivity index (χ4n) is 1.24. The van der Waals surface area contributed by atoms with Gasteiger partial charge in [0.2, 0.25) is 0 Å². The highest BCUT2D eigenvalue weighted by Gasteiger charge is 2.16. The molecule has 0 unspecified atom stereocenters. The molecule has 0 heterocycles. The van der Waals surface area contributed by atoms with Crippen LogP contribution < -0.4 is 5.73 Å². The van der Waals surface area contributed by atoms with E-state index in [4.69, 9.17) is 5.73 Å². The van der Waals surface area contributed by atoms with E-state index in [1.54, 1.807) is 12.1 Å². The van der Waals surface area contributed by atoms with Crippen molar-refractivity contribution >= 4 is 17.4 Å². The van der Waals surface area contributed by atoms with Crippen LogP contribution in [0.25, 0.3) is 0 Å². The van der Waals surface area contributed by atoms with Gasteiger partial charge in [-0.25, -0.2) is 4.79 Å². The topological polar surface area (TPSA) is 69.4 Å². The fraction of sp³-hybridized carbons (Fsp3) is 0.200.